The lowest BCUT2D eigenvalue weighted by Crippen LogP contribution is -2.48. The van der Waals surface area contributed by atoms with E-state index in [1.54, 1.807) is 10.9 Å². The topological polar surface area (TPSA) is 115 Å². The van der Waals surface area contributed by atoms with Crippen LogP contribution in [0.1, 0.15) is 31.0 Å². The molecule has 0 aromatic carbocycles. The molecule has 2 rings (SSSR count). The fourth-order valence-electron chi connectivity index (χ4n) is 2.51. The van der Waals surface area contributed by atoms with Crippen molar-refractivity contribution in [1.29, 1.82) is 0 Å². The number of nitrogens with one attached hydrogen (secondary N) is 1. The standard InChI is InChI=1S/C13H25N7O/c14-4-2-1-3-12(20-10-11(9-15)17-18-20)13(21)19-7-5-16-6-8-19/h10,12,16H,1-9,14-15H2/t12-/m0/s1. The van der Waals surface area contributed by atoms with Crippen LogP contribution in [0.2, 0.25) is 0 Å². The molecular formula is C13H25N7O. The van der Waals surface area contributed by atoms with Gasteiger partial charge in [-0.1, -0.05) is 5.21 Å². The highest BCUT2D eigenvalue weighted by Crippen LogP contribution is 2.18. The van der Waals surface area contributed by atoms with Crippen molar-refractivity contribution >= 4 is 5.91 Å². The number of unbranched alkanes of at least 4 members (excludes halogenated alkanes) is 1. The van der Waals surface area contributed by atoms with Crippen molar-refractivity contribution in [1.82, 2.24) is 25.2 Å². The summed E-state index contributed by atoms with van der Waals surface area (Å²) in [6, 6.07) is -0.303. The molecule has 0 radical (unpaired) electrons. The monoisotopic (exact) mass is 295 g/mol. The molecule has 1 amide bonds. The number of aromatic nitrogens is 3. The average molecular weight is 295 g/mol. The van der Waals surface area contributed by atoms with E-state index >= 15 is 0 Å². The smallest absolute Gasteiger partial charge is 0.247 e. The molecule has 0 saturated carbocycles. The molecule has 8 nitrogen and oxygen atoms in total. The SMILES string of the molecule is NCCCC[C@@H](C(=O)N1CCNCC1)n1cc(CN)nn1. The van der Waals surface area contributed by atoms with Crippen LogP contribution in [0.5, 0.6) is 0 Å². The Balaban J connectivity index is 2.08. The zero-order valence-corrected chi connectivity index (χ0v) is 12.4. The normalized spacial score (nSPS) is 17.0. The summed E-state index contributed by atoms with van der Waals surface area (Å²) >= 11 is 0. The van der Waals surface area contributed by atoms with E-state index in [-0.39, 0.29) is 11.9 Å². The van der Waals surface area contributed by atoms with Crippen LogP contribution in [-0.2, 0) is 11.3 Å². The number of hydrogen-bond acceptors (Lipinski definition) is 6. The van der Waals surface area contributed by atoms with Gasteiger partial charge >= 0.3 is 0 Å². The molecular weight excluding hydrogens is 270 g/mol. The Kier molecular flexibility index (Phi) is 6.09. The van der Waals surface area contributed by atoms with Crippen molar-refractivity contribution in [2.45, 2.75) is 31.8 Å². The predicted octanol–water partition coefficient (Wildman–Crippen LogP) is -1.16. The summed E-state index contributed by atoms with van der Waals surface area (Å²) in [5.74, 6) is 0.113. The first-order valence-corrected chi connectivity index (χ1v) is 7.56. The second kappa shape index (κ2) is 8.06. The zero-order valence-electron chi connectivity index (χ0n) is 12.4. The van der Waals surface area contributed by atoms with Gasteiger partial charge in [0, 0.05) is 32.7 Å². The number of hydrogen-bond donors (Lipinski definition) is 3. The van der Waals surface area contributed by atoms with E-state index < -0.39 is 0 Å². The quantitative estimate of drug-likeness (QED) is 0.547. The van der Waals surface area contributed by atoms with Gasteiger partial charge in [0.2, 0.25) is 5.91 Å². The number of amides is 1. The Hall–Kier alpha value is -1.51. The van der Waals surface area contributed by atoms with E-state index in [0.29, 0.717) is 18.8 Å². The summed E-state index contributed by atoms with van der Waals surface area (Å²) in [6.45, 7) is 4.13. The first-order valence-electron chi connectivity index (χ1n) is 7.56. The molecule has 1 aromatic heterocycles. The highest BCUT2D eigenvalue weighted by molar-refractivity contribution is 5.80. The predicted molar refractivity (Wildman–Crippen MR) is 79.3 cm³/mol. The van der Waals surface area contributed by atoms with Crippen molar-refractivity contribution in [2.75, 3.05) is 32.7 Å². The largest absolute Gasteiger partial charge is 0.338 e. The van der Waals surface area contributed by atoms with Gasteiger partial charge in [0.05, 0.1) is 11.9 Å². The van der Waals surface area contributed by atoms with Gasteiger partial charge in [-0.25, -0.2) is 4.68 Å². The Labute approximate surface area is 124 Å². The van der Waals surface area contributed by atoms with Gasteiger partial charge in [-0.15, -0.1) is 5.10 Å². The summed E-state index contributed by atoms with van der Waals surface area (Å²) in [5, 5.41) is 11.3. The summed E-state index contributed by atoms with van der Waals surface area (Å²) in [4.78, 5) is 14.6. The molecule has 1 fully saturated rings. The van der Waals surface area contributed by atoms with Crippen molar-refractivity contribution in [3.8, 4) is 0 Å². The number of nitrogens with two attached hydrogens (primary N) is 2. The maximum atomic E-state index is 12.7. The minimum absolute atomic E-state index is 0.113. The molecule has 1 saturated heterocycles. The van der Waals surface area contributed by atoms with Crippen LogP contribution in [-0.4, -0.2) is 58.5 Å². The van der Waals surface area contributed by atoms with Crippen LogP contribution in [0.4, 0.5) is 0 Å². The minimum atomic E-state index is -0.303. The van der Waals surface area contributed by atoms with Crippen LogP contribution < -0.4 is 16.8 Å². The van der Waals surface area contributed by atoms with Gasteiger partial charge in [0.15, 0.2) is 0 Å². The summed E-state index contributed by atoms with van der Waals surface area (Å²) < 4.78 is 1.66. The molecule has 0 spiro atoms. The van der Waals surface area contributed by atoms with Crippen LogP contribution in [0.15, 0.2) is 6.20 Å². The summed E-state index contributed by atoms with van der Waals surface area (Å²) in [7, 11) is 0. The molecule has 0 unspecified atom stereocenters. The number of nitrogens with zero attached hydrogens (tertiary/aromatic N) is 4. The number of carbonyl (C=O) groups is 1. The van der Waals surface area contributed by atoms with E-state index in [4.69, 9.17) is 11.5 Å². The Morgan fingerprint density at radius 3 is 2.71 bits per heavy atom. The third-order valence-electron chi connectivity index (χ3n) is 3.73. The zero-order chi connectivity index (χ0) is 15.1. The van der Waals surface area contributed by atoms with Crippen molar-refractivity contribution in [3.63, 3.8) is 0 Å². The first kappa shape index (κ1) is 15.9. The second-order valence-electron chi connectivity index (χ2n) is 5.27. The van der Waals surface area contributed by atoms with Crippen LogP contribution >= 0.6 is 0 Å². The molecule has 0 bridgehead atoms. The first-order chi connectivity index (χ1) is 10.3. The summed E-state index contributed by atoms with van der Waals surface area (Å²) in [5.41, 5.74) is 11.8. The van der Waals surface area contributed by atoms with Gasteiger partial charge in [-0.05, 0) is 25.8 Å². The average Bonchev–Trinajstić information content (AvgIpc) is 3.00. The molecule has 1 aromatic rings. The Bertz CT molecular complexity index is 441. The molecule has 1 atom stereocenters. The fourth-order valence-corrected chi connectivity index (χ4v) is 2.51. The molecule has 8 heteroatoms. The molecule has 5 N–H and O–H groups in total. The number of carbonyl (C=O) groups excluding carboxylic acids is 1. The van der Waals surface area contributed by atoms with E-state index in [1.165, 1.54) is 0 Å². The maximum Gasteiger partial charge on any atom is 0.247 e. The van der Waals surface area contributed by atoms with Gasteiger partial charge in [0.1, 0.15) is 6.04 Å². The molecule has 2 heterocycles. The van der Waals surface area contributed by atoms with Gasteiger partial charge in [-0.3, -0.25) is 4.79 Å². The molecule has 1 aliphatic rings. The third-order valence-corrected chi connectivity index (χ3v) is 3.73. The molecule has 1 aliphatic heterocycles. The minimum Gasteiger partial charge on any atom is -0.338 e. The van der Waals surface area contributed by atoms with E-state index in [0.717, 1.165) is 45.4 Å². The Morgan fingerprint density at radius 2 is 2.10 bits per heavy atom. The van der Waals surface area contributed by atoms with E-state index in [1.807, 2.05) is 4.90 Å². The second-order valence-corrected chi connectivity index (χ2v) is 5.27. The van der Waals surface area contributed by atoms with Crippen molar-refractivity contribution in [2.24, 2.45) is 11.5 Å². The van der Waals surface area contributed by atoms with Gasteiger partial charge < -0.3 is 21.7 Å². The van der Waals surface area contributed by atoms with Crippen molar-refractivity contribution in [3.05, 3.63) is 11.9 Å². The third kappa shape index (κ3) is 4.23. The lowest BCUT2D eigenvalue weighted by Gasteiger charge is -2.30. The van der Waals surface area contributed by atoms with Crippen molar-refractivity contribution < 1.29 is 4.79 Å². The highest BCUT2D eigenvalue weighted by atomic mass is 16.2. The molecule has 0 aliphatic carbocycles. The maximum absolute atomic E-state index is 12.7. The van der Waals surface area contributed by atoms with Gasteiger partial charge in [-0.2, -0.15) is 0 Å². The molecule has 21 heavy (non-hydrogen) atoms. The lowest BCUT2D eigenvalue weighted by molar-refractivity contribution is -0.136. The fraction of sp³-hybridized carbons (Fsp3) is 0.769. The van der Waals surface area contributed by atoms with Crippen LogP contribution in [0.25, 0.3) is 0 Å². The van der Waals surface area contributed by atoms with E-state index in [9.17, 15) is 4.79 Å². The van der Waals surface area contributed by atoms with Gasteiger partial charge in [0.25, 0.3) is 0 Å². The van der Waals surface area contributed by atoms with Crippen LogP contribution in [0, 0.1) is 0 Å². The molecule has 118 valence electrons. The number of rotatable bonds is 7. The van der Waals surface area contributed by atoms with Crippen LogP contribution in [0.3, 0.4) is 0 Å². The van der Waals surface area contributed by atoms with E-state index in [2.05, 4.69) is 15.6 Å². The Morgan fingerprint density at radius 1 is 1.33 bits per heavy atom. The number of piperazine rings is 1. The highest BCUT2D eigenvalue weighted by Gasteiger charge is 2.27. The lowest BCUT2D eigenvalue weighted by atomic mass is 10.1. The summed E-state index contributed by atoms with van der Waals surface area (Å²) in [6.07, 6.45) is 4.31.